The van der Waals surface area contributed by atoms with Crippen molar-refractivity contribution in [3.05, 3.63) is 57.6 Å². The molecule has 0 bridgehead atoms. The SMILES string of the molecule is Cc1ccc(Br)cc1C(Cl)c1ccc2c(c1)OCCCO2. The van der Waals surface area contributed by atoms with Gasteiger partial charge in [0.25, 0.3) is 0 Å². The van der Waals surface area contributed by atoms with Crippen molar-refractivity contribution in [3.8, 4) is 11.5 Å². The summed E-state index contributed by atoms with van der Waals surface area (Å²) in [5.74, 6) is 1.58. The highest BCUT2D eigenvalue weighted by Crippen LogP contribution is 2.38. The van der Waals surface area contributed by atoms with E-state index in [1.54, 1.807) is 0 Å². The van der Waals surface area contributed by atoms with Gasteiger partial charge in [-0.05, 0) is 47.9 Å². The van der Waals surface area contributed by atoms with Crippen LogP contribution in [0.15, 0.2) is 40.9 Å². The van der Waals surface area contributed by atoms with Crippen LogP contribution in [0.25, 0.3) is 0 Å². The van der Waals surface area contributed by atoms with Gasteiger partial charge < -0.3 is 9.47 Å². The molecule has 2 aromatic carbocycles. The molecule has 4 heteroatoms. The summed E-state index contributed by atoms with van der Waals surface area (Å²) in [6.07, 6.45) is 0.902. The minimum atomic E-state index is -0.209. The smallest absolute Gasteiger partial charge is 0.161 e. The van der Waals surface area contributed by atoms with Gasteiger partial charge >= 0.3 is 0 Å². The van der Waals surface area contributed by atoms with Crippen molar-refractivity contribution in [2.24, 2.45) is 0 Å². The molecule has 1 aliphatic heterocycles. The Morgan fingerprint density at radius 1 is 1.05 bits per heavy atom. The van der Waals surface area contributed by atoms with E-state index in [0.29, 0.717) is 13.2 Å². The molecule has 1 atom stereocenters. The molecule has 3 rings (SSSR count). The lowest BCUT2D eigenvalue weighted by molar-refractivity contribution is 0.297. The Hall–Kier alpha value is -1.19. The quantitative estimate of drug-likeness (QED) is 0.675. The summed E-state index contributed by atoms with van der Waals surface area (Å²) < 4.78 is 12.4. The van der Waals surface area contributed by atoms with E-state index >= 15 is 0 Å². The molecular formula is C17H16BrClO2. The summed E-state index contributed by atoms with van der Waals surface area (Å²) in [6, 6.07) is 12.1. The van der Waals surface area contributed by atoms with E-state index in [4.69, 9.17) is 21.1 Å². The summed E-state index contributed by atoms with van der Waals surface area (Å²) in [7, 11) is 0. The Bertz CT molecular complexity index is 657. The molecule has 0 amide bonds. The zero-order valence-corrected chi connectivity index (χ0v) is 14.1. The van der Waals surface area contributed by atoms with Gasteiger partial charge in [0.05, 0.1) is 18.6 Å². The first-order valence-electron chi connectivity index (χ1n) is 6.95. The molecule has 1 heterocycles. The number of hydrogen-bond donors (Lipinski definition) is 0. The van der Waals surface area contributed by atoms with Crippen molar-refractivity contribution in [1.29, 1.82) is 0 Å². The monoisotopic (exact) mass is 366 g/mol. The lowest BCUT2D eigenvalue weighted by Gasteiger charge is -2.16. The van der Waals surface area contributed by atoms with Crippen molar-refractivity contribution in [1.82, 2.24) is 0 Å². The molecule has 2 nitrogen and oxygen atoms in total. The first-order chi connectivity index (χ1) is 10.1. The molecule has 21 heavy (non-hydrogen) atoms. The van der Waals surface area contributed by atoms with Gasteiger partial charge in [0.2, 0.25) is 0 Å². The van der Waals surface area contributed by atoms with E-state index in [-0.39, 0.29) is 5.38 Å². The molecule has 0 saturated carbocycles. The van der Waals surface area contributed by atoms with E-state index in [2.05, 4.69) is 35.0 Å². The van der Waals surface area contributed by atoms with Crippen molar-refractivity contribution < 1.29 is 9.47 Å². The highest BCUT2D eigenvalue weighted by atomic mass is 79.9. The Morgan fingerprint density at radius 2 is 1.81 bits per heavy atom. The van der Waals surface area contributed by atoms with Crippen molar-refractivity contribution in [2.45, 2.75) is 18.7 Å². The van der Waals surface area contributed by atoms with Gasteiger partial charge in [-0.25, -0.2) is 0 Å². The van der Waals surface area contributed by atoms with Crippen LogP contribution in [0.3, 0.4) is 0 Å². The van der Waals surface area contributed by atoms with Gasteiger partial charge in [-0.2, -0.15) is 0 Å². The molecular weight excluding hydrogens is 352 g/mol. The van der Waals surface area contributed by atoms with Crippen LogP contribution >= 0.6 is 27.5 Å². The molecule has 2 aromatic rings. The highest BCUT2D eigenvalue weighted by molar-refractivity contribution is 9.10. The predicted molar refractivity (Wildman–Crippen MR) is 88.6 cm³/mol. The lowest BCUT2D eigenvalue weighted by atomic mass is 10.00. The number of ether oxygens (including phenoxy) is 2. The standard InChI is InChI=1S/C17H16BrClO2/c1-11-3-5-13(18)10-14(11)17(19)12-4-6-15-16(9-12)21-8-2-7-20-15/h3-6,9-10,17H,2,7-8H2,1H3. The number of aryl methyl sites for hydroxylation is 1. The summed E-state index contributed by atoms with van der Waals surface area (Å²) in [5.41, 5.74) is 3.29. The highest BCUT2D eigenvalue weighted by Gasteiger charge is 2.17. The van der Waals surface area contributed by atoms with Crippen LogP contribution in [0.4, 0.5) is 0 Å². The van der Waals surface area contributed by atoms with Gasteiger partial charge in [-0.1, -0.05) is 28.1 Å². The average molecular weight is 368 g/mol. The van der Waals surface area contributed by atoms with Crippen molar-refractivity contribution >= 4 is 27.5 Å². The molecule has 0 aliphatic carbocycles. The zero-order valence-electron chi connectivity index (χ0n) is 11.7. The normalized spacial score (nSPS) is 15.4. The molecule has 1 aliphatic rings. The number of rotatable bonds is 2. The maximum atomic E-state index is 6.67. The van der Waals surface area contributed by atoms with Crippen LogP contribution < -0.4 is 9.47 Å². The van der Waals surface area contributed by atoms with Gasteiger partial charge in [0.1, 0.15) is 0 Å². The topological polar surface area (TPSA) is 18.5 Å². The summed E-state index contributed by atoms with van der Waals surface area (Å²) in [5, 5.41) is -0.209. The van der Waals surface area contributed by atoms with Crippen LogP contribution in [0, 0.1) is 6.92 Å². The van der Waals surface area contributed by atoms with E-state index in [1.807, 2.05) is 24.3 Å². The largest absolute Gasteiger partial charge is 0.490 e. The first-order valence-corrected chi connectivity index (χ1v) is 8.18. The fraction of sp³-hybridized carbons (Fsp3) is 0.294. The number of benzene rings is 2. The number of halogens is 2. The summed E-state index contributed by atoms with van der Waals surface area (Å²) in [4.78, 5) is 0. The minimum absolute atomic E-state index is 0.209. The Morgan fingerprint density at radius 3 is 2.62 bits per heavy atom. The summed E-state index contributed by atoms with van der Waals surface area (Å²) in [6.45, 7) is 3.45. The third kappa shape index (κ3) is 3.19. The average Bonchev–Trinajstić information content (AvgIpc) is 2.73. The Kier molecular flexibility index (Phi) is 4.41. The third-order valence-corrected chi connectivity index (χ3v) is 4.56. The van der Waals surface area contributed by atoms with E-state index in [0.717, 1.165) is 33.5 Å². The van der Waals surface area contributed by atoms with Crippen LogP contribution in [0.5, 0.6) is 11.5 Å². The zero-order chi connectivity index (χ0) is 14.8. The third-order valence-electron chi connectivity index (χ3n) is 3.58. The number of fused-ring (bicyclic) bond motifs is 1. The second kappa shape index (κ2) is 6.29. The molecule has 0 radical (unpaired) electrons. The van der Waals surface area contributed by atoms with Gasteiger partial charge in [0, 0.05) is 10.9 Å². The van der Waals surface area contributed by atoms with Crippen LogP contribution in [0.2, 0.25) is 0 Å². The molecule has 0 fully saturated rings. The summed E-state index contributed by atoms with van der Waals surface area (Å²) >= 11 is 10.2. The Balaban J connectivity index is 1.96. The second-order valence-corrected chi connectivity index (χ2v) is 6.47. The second-order valence-electron chi connectivity index (χ2n) is 5.12. The van der Waals surface area contributed by atoms with Crippen molar-refractivity contribution in [2.75, 3.05) is 13.2 Å². The number of hydrogen-bond acceptors (Lipinski definition) is 2. The lowest BCUT2D eigenvalue weighted by Crippen LogP contribution is -1.99. The van der Waals surface area contributed by atoms with Crippen LogP contribution in [-0.4, -0.2) is 13.2 Å². The number of alkyl halides is 1. The minimum Gasteiger partial charge on any atom is -0.490 e. The molecule has 1 unspecified atom stereocenters. The maximum absolute atomic E-state index is 6.67. The molecule has 0 spiro atoms. The fourth-order valence-electron chi connectivity index (χ4n) is 2.40. The fourth-order valence-corrected chi connectivity index (χ4v) is 3.15. The van der Waals surface area contributed by atoms with E-state index in [1.165, 1.54) is 5.56 Å². The van der Waals surface area contributed by atoms with Crippen molar-refractivity contribution in [3.63, 3.8) is 0 Å². The molecule has 0 N–H and O–H groups in total. The van der Waals surface area contributed by atoms with Crippen LogP contribution in [-0.2, 0) is 0 Å². The van der Waals surface area contributed by atoms with Gasteiger partial charge in [-0.15, -0.1) is 11.6 Å². The predicted octanol–water partition coefficient (Wildman–Crippen LogP) is 5.25. The van der Waals surface area contributed by atoms with E-state index < -0.39 is 0 Å². The first kappa shape index (κ1) is 14.7. The van der Waals surface area contributed by atoms with Gasteiger partial charge in [0.15, 0.2) is 11.5 Å². The molecule has 0 saturated heterocycles. The molecule has 110 valence electrons. The van der Waals surface area contributed by atoms with E-state index in [9.17, 15) is 0 Å². The van der Waals surface area contributed by atoms with Crippen LogP contribution in [0.1, 0.15) is 28.5 Å². The van der Waals surface area contributed by atoms with Gasteiger partial charge in [-0.3, -0.25) is 0 Å². The molecule has 0 aromatic heterocycles. The maximum Gasteiger partial charge on any atom is 0.161 e. The Labute approximate surface area is 138 Å².